The summed E-state index contributed by atoms with van der Waals surface area (Å²) in [6.07, 6.45) is 0.239. The van der Waals surface area contributed by atoms with E-state index in [1.807, 2.05) is 54.6 Å². The number of rotatable bonds is 7. The highest BCUT2D eigenvalue weighted by Gasteiger charge is 2.37. The lowest BCUT2D eigenvalue weighted by Gasteiger charge is -2.29. The Hall–Kier alpha value is -2.37. The van der Waals surface area contributed by atoms with Gasteiger partial charge in [-0.3, -0.25) is 9.69 Å². The number of aliphatic hydroxyl groups excluding tert-OH is 1. The van der Waals surface area contributed by atoms with Crippen LogP contribution in [0.4, 0.5) is 5.69 Å². The first-order valence-corrected chi connectivity index (χ1v) is 9.00. The molecule has 5 nitrogen and oxygen atoms in total. The second-order valence-electron chi connectivity index (χ2n) is 6.73. The van der Waals surface area contributed by atoms with Gasteiger partial charge in [0.05, 0.1) is 24.9 Å². The van der Waals surface area contributed by atoms with Crippen LogP contribution in [0.25, 0.3) is 0 Å². The molecule has 26 heavy (non-hydrogen) atoms. The van der Waals surface area contributed by atoms with E-state index in [1.54, 1.807) is 18.9 Å². The predicted molar refractivity (Wildman–Crippen MR) is 102 cm³/mol. The number of nitrogens with zero attached hydrogens (tertiary/aromatic N) is 2. The van der Waals surface area contributed by atoms with E-state index in [0.717, 1.165) is 17.7 Å². The van der Waals surface area contributed by atoms with Gasteiger partial charge >= 0.3 is 0 Å². The first kappa shape index (κ1) is 18.4. The molecular weight excluding hydrogens is 328 g/mol. The number of methoxy groups -OCH3 is 1. The molecule has 1 heterocycles. The Bertz CT molecular complexity index is 733. The molecule has 0 radical (unpaired) electrons. The van der Waals surface area contributed by atoms with E-state index < -0.39 is 6.10 Å². The lowest BCUT2D eigenvalue weighted by molar-refractivity contribution is -0.122. The molecule has 0 aliphatic carbocycles. The van der Waals surface area contributed by atoms with Crippen molar-refractivity contribution in [3.05, 3.63) is 60.2 Å². The Balaban J connectivity index is 1.81. The molecule has 0 spiro atoms. The summed E-state index contributed by atoms with van der Waals surface area (Å²) in [7, 11) is 1.62. The third kappa shape index (κ3) is 4.06. The summed E-state index contributed by atoms with van der Waals surface area (Å²) in [5.74, 6) is 0.762. The molecule has 1 amide bonds. The molecule has 1 saturated heterocycles. The summed E-state index contributed by atoms with van der Waals surface area (Å²) >= 11 is 0. The second-order valence-corrected chi connectivity index (χ2v) is 6.73. The molecule has 1 aliphatic heterocycles. The van der Waals surface area contributed by atoms with Gasteiger partial charge < -0.3 is 14.7 Å². The number of hydrogen-bond donors (Lipinski definition) is 1. The largest absolute Gasteiger partial charge is 0.495 e. The van der Waals surface area contributed by atoms with Crippen LogP contribution in [0.3, 0.4) is 0 Å². The summed E-state index contributed by atoms with van der Waals surface area (Å²) in [5, 5.41) is 9.93. The highest BCUT2D eigenvalue weighted by Crippen LogP contribution is 2.32. The maximum absolute atomic E-state index is 13.1. The summed E-state index contributed by atoms with van der Waals surface area (Å²) in [4.78, 5) is 17.0. The van der Waals surface area contributed by atoms with Gasteiger partial charge in [0.2, 0.25) is 5.91 Å². The third-order valence-corrected chi connectivity index (χ3v) is 4.72. The number of hydrogen-bond acceptors (Lipinski definition) is 4. The molecule has 0 bridgehead atoms. The van der Waals surface area contributed by atoms with E-state index >= 15 is 0 Å². The molecule has 0 aromatic heterocycles. The Morgan fingerprint density at radius 1 is 1.19 bits per heavy atom. The summed E-state index contributed by atoms with van der Waals surface area (Å²) in [6.45, 7) is 3.51. The number of para-hydroxylation sites is 2. The molecule has 3 rings (SSSR count). The zero-order chi connectivity index (χ0) is 18.5. The Labute approximate surface area is 154 Å². The predicted octanol–water partition coefficient (Wildman–Crippen LogP) is 2.68. The Morgan fingerprint density at radius 3 is 2.58 bits per heavy atom. The fourth-order valence-corrected chi connectivity index (χ4v) is 3.55. The summed E-state index contributed by atoms with van der Waals surface area (Å²) in [6, 6.07) is 17.4. The van der Waals surface area contributed by atoms with Crippen molar-refractivity contribution in [2.75, 3.05) is 25.1 Å². The Morgan fingerprint density at radius 2 is 1.88 bits per heavy atom. The number of carbonyl (C=O) groups is 1. The molecule has 2 aromatic rings. The minimum absolute atomic E-state index is 0.0612. The van der Waals surface area contributed by atoms with Crippen molar-refractivity contribution in [2.24, 2.45) is 0 Å². The van der Waals surface area contributed by atoms with Crippen molar-refractivity contribution in [1.29, 1.82) is 0 Å². The third-order valence-electron chi connectivity index (χ3n) is 4.72. The van der Waals surface area contributed by atoms with Gasteiger partial charge in [0.15, 0.2) is 0 Å². The zero-order valence-electron chi connectivity index (χ0n) is 15.3. The smallest absolute Gasteiger partial charge is 0.244 e. The van der Waals surface area contributed by atoms with E-state index in [9.17, 15) is 9.90 Å². The van der Waals surface area contributed by atoms with Crippen LogP contribution in [0.2, 0.25) is 0 Å². The SMILES string of the molecule is COc1ccccc1N1CCC(N(Cc2ccccc2)CC(C)O)C1=O. The van der Waals surface area contributed by atoms with Crippen LogP contribution in [0.1, 0.15) is 18.9 Å². The average Bonchev–Trinajstić information content (AvgIpc) is 3.03. The van der Waals surface area contributed by atoms with Gasteiger partial charge in [0.25, 0.3) is 0 Å². The normalized spacial score (nSPS) is 18.4. The molecular formula is C21H26N2O3. The lowest BCUT2D eigenvalue weighted by atomic mass is 10.1. The second kappa shape index (κ2) is 8.34. The van der Waals surface area contributed by atoms with Crippen LogP contribution in [-0.4, -0.2) is 48.3 Å². The molecule has 1 aliphatic rings. The maximum atomic E-state index is 13.1. The highest BCUT2D eigenvalue weighted by atomic mass is 16.5. The van der Waals surface area contributed by atoms with Gasteiger partial charge in [-0.05, 0) is 31.0 Å². The Kier molecular flexibility index (Phi) is 5.91. The number of aliphatic hydroxyl groups is 1. The van der Waals surface area contributed by atoms with Gasteiger partial charge in [-0.1, -0.05) is 42.5 Å². The molecule has 2 unspecified atom stereocenters. The van der Waals surface area contributed by atoms with Crippen molar-refractivity contribution in [1.82, 2.24) is 4.90 Å². The van der Waals surface area contributed by atoms with E-state index in [4.69, 9.17) is 4.74 Å². The van der Waals surface area contributed by atoms with Crippen molar-refractivity contribution >= 4 is 11.6 Å². The van der Waals surface area contributed by atoms with Crippen molar-refractivity contribution in [3.63, 3.8) is 0 Å². The number of ether oxygens (including phenoxy) is 1. The monoisotopic (exact) mass is 354 g/mol. The van der Waals surface area contributed by atoms with Gasteiger partial charge in [-0.25, -0.2) is 0 Å². The first-order valence-electron chi connectivity index (χ1n) is 9.00. The van der Waals surface area contributed by atoms with Gasteiger partial charge in [0.1, 0.15) is 5.75 Å². The minimum atomic E-state index is -0.494. The topological polar surface area (TPSA) is 53.0 Å². The quantitative estimate of drug-likeness (QED) is 0.831. The molecule has 5 heteroatoms. The van der Waals surface area contributed by atoms with Gasteiger partial charge in [0, 0.05) is 19.6 Å². The van der Waals surface area contributed by atoms with Crippen LogP contribution in [-0.2, 0) is 11.3 Å². The molecule has 1 N–H and O–H groups in total. The molecule has 1 fully saturated rings. The fraction of sp³-hybridized carbons (Fsp3) is 0.381. The van der Waals surface area contributed by atoms with E-state index in [0.29, 0.717) is 25.4 Å². The maximum Gasteiger partial charge on any atom is 0.244 e. The molecule has 2 atom stereocenters. The van der Waals surface area contributed by atoms with Crippen molar-refractivity contribution < 1.29 is 14.6 Å². The van der Waals surface area contributed by atoms with Crippen LogP contribution < -0.4 is 9.64 Å². The average molecular weight is 354 g/mol. The number of benzene rings is 2. The standard InChI is InChI=1S/C21H26N2O3/c1-16(24)14-22(15-17-8-4-3-5-9-17)19-12-13-23(21(19)25)18-10-6-7-11-20(18)26-2/h3-11,16,19,24H,12-15H2,1-2H3. The highest BCUT2D eigenvalue weighted by molar-refractivity contribution is 6.00. The molecule has 138 valence electrons. The van der Waals surface area contributed by atoms with Crippen LogP contribution in [0.5, 0.6) is 5.75 Å². The molecule has 2 aromatic carbocycles. The van der Waals surface area contributed by atoms with E-state index in [1.165, 1.54) is 0 Å². The van der Waals surface area contributed by atoms with Crippen LogP contribution >= 0.6 is 0 Å². The number of anilines is 1. The number of carbonyl (C=O) groups excluding carboxylic acids is 1. The van der Waals surface area contributed by atoms with Crippen molar-refractivity contribution in [2.45, 2.75) is 32.0 Å². The fourth-order valence-electron chi connectivity index (χ4n) is 3.55. The lowest BCUT2D eigenvalue weighted by Crippen LogP contribution is -2.44. The zero-order valence-corrected chi connectivity index (χ0v) is 15.3. The van der Waals surface area contributed by atoms with Crippen LogP contribution in [0.15, 0.2) is 54.6 Å². The van der Waals surface area contributed by atoms with E-state index in [2.05, 4.69) is 4.90 Å². The molecule has 0 saturated carbocycles. The summed E-state index contributed by atoms with van der Waals surface area (Å²) in [5.41, 5.74) is 1.94. The first-order chi connectivity index (χ1) is 12.6. The number of amides is 1. The van der Waals surface area contributed by atoms with Crippen molar-refractivity contribution in [3.8, 4) is 5.75 Å². The summed E-state index contributed by atoms with van der Waals surface area (Å²) < 4.78 is 5.41. The van der Waals surface area contributed by atoms with Gasteiger partial charge in [-0.2, -0.15) is 0 Å². The van der Waals surface area contributed by atoms with Gasteiger partial charge in [-0.15, -0.1) is 0 Å². The minimum Gasteiger partial charge on any atom is -0.495 e. The van der Waals surface area contributed by atoms with Crippen LogP contribution in [0, 0.1) is 0 Å². The van der Waals surface area contributed by atoms with E-state index in [-0.39, 0.29) is 11.9 Å².